The van der Waals surface area contributed by atoms with Crippen LogP contribution >= 0.6 is 0 Å². The lowest BCUT2D eigenvalue weighted by molar-refractivity contribution is -0.387. The summed E-state index contributed by atoms with van der Waals surface area (Å²) in [6.45, 7) is 1.92. The molecule has 1 heterocycles. The summed E-state index contributed by atoms with van der Waals surface area (Å²) in [6.07, 6.45) is 5.59. The summed E-state index contributed by atoms with van der Waals surface area (Å²) in [5, 5.41) is 13.9. The average Bonchev–Trinajstić information content (AvgIpc) is 2.83. The third kappa shape index (κ3) is 5.42. The molecule has 138 valence electrons. The molecule has 25 heavy (non-hydrogen) atoms. The van der Waals surface area contributed by atoms with Crippen LogP contribution in [0.25, 0.3) is 0 Å². The first kappa shape index (κ1) is 19.2. The number of nitro groups is 1. The van der Waals surface area contributed by atoms with Crippen molar-refractivity contribution < 1.29 is 18.1 Å². The molecule has 1 aromatic rings. The van der Waals surface area contributed by atoms with E-state index in [0.717, 1.165) is 51.1 Å². The molecular weight excluding hydrogens is 346 g/mol. The Balaban J connectivity index is 1.99. The van der Waals surface area contributed by atoms with Gasteiger partial charge in [0.15, 0.2) is 9.84 Å². The molecule has 1 fully saturated rings. The minimum absolute atomic E-state index is 0.0691. The third-order valence-electron chi connectivity index (χ3n) is 4.18. The monoisotopic (exact) mass is 369 g/mol. The molecule has 1 aliphatic rings. The Hall–Kier alpha value is -2.16. The zero-order valence-corrected chi connectivity index (χ0v) is 15.0. The lowest BCUT2D eigenvalue weighted by Crippen LogP contribution is -2.32. The van der Waals surface area contributed by atoms with Gasteiger partial charge in [0.25, 0.3) is 5.69 Å². The zero-order valence-electron chi connectivity index (χ0n) is 14.2. The Morgan fingerprint density at radius 1 is 1.24 bits per heavy atom. The van der Waals surface area contributed by atoms with Gasteiger partial charge < -0.3 is 10.2 Å². The van der Waals surface area contributed by atoms with Gasteiger partial charge in [-0.1, -0.05) is 12.8 Å². The molecule has 0 spiro atoms. The predicted molar refractivity (Wildman–Crippen MR) is 94.4 cm³/mol. The first-order chi connectivity index (χ1) is 11.8. The van der Waals surface area contributed by atoms with Crippen LogP contribution in [0.4, 0.5) is 11.4 Å². The molecule has 1 N–H and O–H groups in total. The first-order valence-corrected chi connectivity index (χ1v) is 10.2. The number of nitro benzene ring substituents is 1. The maximum absolute atomic E-state index is 12.2. The molecule has 0 aromatic heterocycles. The van der Waals surface area contributed by atoms with Crippen LogP contribution in [0, 0.1) is 10.1 Å². The van der Waals surface area contributed by atoms with E-state index in [1.165, 1.54) is 12.1 Å². The fraction of sp³-hybridized carbons (Fsp3) is 0.562. The van der Waals surface area contributed by atoms with E-state index < -0.39 is 20.4 Å². The third-order valence-corrected chi connectivity index (χ3v) is 5.31. The number of benzene rings is 1. The van der Waals surface area contributed by atoms with Crippen LogP contribution in [0.15, 0.2) is 23.1 Å². The van der Waals surface area contributed by atoms with E-state index in [1.807, 2.05) is 4.90 Å². The predicted octanol–water partition coefficient (Wildman–Crippen LogP) is 2.20. The van der Waals surface area contributed by atoms with Crippen molar-refractivity contribution in [3.05, 3.63) is 28.3 Å². The fourth-order valence-corrected chi connectivity index (χ4v) is 3.73. The molecule has 2 rings (SSSR count). The molecule has 1 amide bonds. The van der Waals surface area contributed by atoms with Crippen LogP contribution in [0.1, 0.15) is 32.1 Å². The zero-order chi connectivity index (χ0) is 18.4. The van der Waals surface area contributed by atoms with Gasteiger partial charge in [0.1, 0.15) is 4.90 Å². The molecule has 0 aliphatic carbocycles. The largest absolute Gasteiger partial charge is 0.384 e. The maximum atomic E-state index is 12.2. The molecule has 0 unspecified atom stereocenters. The van der Waals surface area contributed by atoms with Gasteiger partial charge >= 0.3 is 0 Å². The summed E-state index contributed by atoms with van der Waals surface area (Å²) >= 11 is 0. The highest BCUT2D eigenvalue weighted by Crippen LogP contribution is 2.27. The van der Waals surface area contributed by atoms with E-state index >= 15 is 0 Å². The van der Waals surface area contributed by atoms with Crippen molar-refractivity contribution in [2.45, 2.75) is 37.0 Å². The number of likely N-dealkylation sites (tertiary alicyclic amines) is 1. The Morgan fingerprint density at radius 2 is 1.88 bits per heavy atom. The minimum Gasteiger partial charge on any atom is -0.384 e. The number of hydrogen-bond acceptors (Lipinski definition) is 6. The van der Waals surface area contributed by atoms with E-state index in [-0.39, 0.29) is 10.8 Å². The highest BCUT2D eigenvalue weighted by Gasteiger charge is 2.22. The number of rotatable bonds is 6. The lowest BCUT2D eigenvalue weighted by Gasteiger charge is -2.20. The molecule has 1 saturated heterocycles. The van der Waals surface area contributed by atoms with Crippen molar-refractivity contribution in [2.24, 2.45) is 0 Å². The second-order valence-corrected chi connectivity index (χ2v) is 8.17. The number of anilines is 1. The second kappa shape index (κ2) is 8.28. The van der Waals surface area contributed by atoms with Crippen LogP contribution in [-0.2, 0) is 14.6 Å². The Bertz CT molecular complexity index is 740. The minimum atomic E-state index is -3.72. The van der Waals surface area contributed by atoms with Crippen molar-refractivity contribution in [1.82, 2.24) is 4.90 Å². The second-order valence-electron chi connectivity index (χ2n) is 6.18. The molecule has 8 nitrogen and oxygen atoms in total. The van der Waals surface area contributed by atoms with Gasteiger partial charge in [-0.3, -0.25) is 14.9 Å². The van der Waals surface area contributed by atoms with Crippen molar-refractivity contribution in [3.8, 4) is 0 Å². The standard InChI is InChI=1S/C16H23N3O5S/c1-25(23,24)15-12-13(6-7-14(15)19(21)22)17-9-8-16(20)18-10-4-2-3-5-11-18/h6-7,12,17H,2-5,8-11H2,1H3. The molecule has 0 saturated carbocycles. The van der Waals surface area contributed by atoms with Gasteiger partial charge in [-0.15, -0.1) is 0 Å². The summed E-state index contributed by atoms with van der Waals surface area (Å²) in [5.41, 5.74) is -0.0108. The van der Waals surface area contributed by atoms with Crippen LogP contribution in [0.2, 0.25) is 0 Å². The molecule has 0 radical (unpaired) electrons. The molecule has 1 aliphatic heterocycles. The summed E-state index contributed by atoms with van der Waals surface area (Å²) in [5.74, 6) is 0.0691. The maximum Gasteiger partial charge on any atom is 0.288 e. The van der Waals surface area contributed by atoms with Crippen molar-refractivity contribution >= 4 is 27.1 Å². The first-order valence-electron chi connectivity index (χ1n) is 8.29. The fourth-order valence-electron chi connectivity index (χ4n) is 2.86. The number of nitrogens with zero attached hydrogens (tertiary/aromatic N) is 2. The van der Waals surface area contributed by atoms with Crippen molar-refractivity contribution in [3.63, 3.8) is 0 Å². The van der Waals surface area contributed by atoms with Gasteiger partial charge in [-0.2, -0.15) is 0 Å². The summed E-state index contributed by atoms with van der Waals surface area (Å²) in [7, 11) is -3.72. The summed E-state index contributed by atoms with van der Waals surface area (Å²) in [4.78, 5) is 24.0. The van der Waals surface area contributed by atoms with Crippen LogP contribution in [0.3, 0.4) is 0 Å². The Labute approximate surface area is 147 Å². The van der Waals surface area contributed by atoms with E-state index in [9.17, 15) is 23.3 Å². The smallest absolute Gasteiger partial charge is 0.288 e. The topological polar surface area (TPSA) is 110 Å². The number of sulfone groups is 1. The molecule has 1 aromatic carbocycles. The van der Waals surface area contributed by atoms with E-state index in [1.54, 1.807) is 0 Å². The van der Waals surface area contributed by atoms with E-state index in [0.29, 0.717) is 18.7 Å². The Morgan fingerprint density at radius 3 is 2.44 bits per heavy atom. The number of nitrogens with one attached hydrogen (secondary N) is 1. The van der Waals surface area contributed by atoms with Crippen LogP contribution < -0.4 is 5.32 Å². The number of amides is 1. The lowest BCUT2D eigenvalue weighted by atomic mass is 10.2. The molecule has 0 bridgehead atoms. The van der Waals surface area contributed by atoms with Crippen molar-refractivity contribution in [2.75, 3.05) is 31.2 Å². The SMILES string of the molecule is CS(=O)(=O)c1cc(NCCC(=O)N2CCCCCC2)ccc1[N+](=O)[O-]. The Kier molecular flexibility index (Phi) is 6.35. The molecular formula is C16H23N3O5S. The van der Waals surface area contributed by atoms with E-state index in [2.05, 4.69) is 5.32 Å². The highest BCUT2D eigenvalue weighted by molar-refractivity contribution is 7.90. The van der Waals surface area contributed by atoms with Gasteiger partial charge in [0, 0.05) is 44.1 Å². The van der Waals surface area contributed by atoms with Gasteiger partial charge in [0.05, 0.1) is 4.92 Å². The quantitative estimate of drug-likeness (QED) is 0.608. The van der Waals surface area contributed by atoms with Gasteiger partial charge in [-0.05, 0) is 25.0 Å². The summed E-state index contributed by atoms with van der Waals surface area (Å²) in [6, 6.07) is 3.85. The molecule has 9 heteroatoms. The van der Waals surface area contributed by atoms with Crippen molar-refractivity contribution in [1.29, 1.82) is 0 Å². The number of hydrogen-bond donors (Lipinski definition) is 1. The van der Waals surface area contributed by atoms with Gasteiger partial charge in [0.2, 0.25) is 5.91 Å². The highest BCUT2D eigenvalue weighted by atomic mass is 32.2. The molecule has 0 atom stereocenters. The average molecular weight is 369 g/mol. The summed E-state index contributed by atoms with van der Waals surface area (Å²) < 4.78 is 23.5. The van der Waals surface area contributed by atoms with Crippen LogP contribution in [-0.4, -0.2) is 50.0 Å². The van der Waals surface area contributed by atoms with Gasteiger partial charge in [-0.25, -0.2) is 8.42 Å². The van der Waals surface area contributed by atoms with Crippen LogP contribution in [0.5, 0.6) is 0 Å². The number of carbonyl (C=O) groups is 1. The van der Waals surface area contributed by atoms with E-state index in [4.69, 9.17) is 0 Å². The number of carbonyl (C=O) groups excluding carboxylic acids is 1. The normalized spacial score (nSPS) is 15.5.